The number of nitrogen functional groups attached to an aromatic ring is 1. The van der Waals surface area contributed by atoms with Gasteiger partial charge in [-0.05, 0) is 24.6 Å². The van der Waals surface area contributed by atoms with E-state index in [1.807, 2.05) is 19.1 Å². The van der Waals surface area contributed by atoms with Gasteiger partial charge in [-0.2, -0.15) is 0 Å². The lowest BCUT2D eigenvalue weighted by Gasteiger charge is -2.07. The van der Waals surface area contributed by atoms with Gasteiger partial charge in [0.1, 0.15) is 11.5 Å². The fourth-order valence-electron chi connectivity index (χ4n) is 1.35. The molecule has 0 aliphatic heterocycles. The van der Waals surface area contributed by atoms with Gasteiger partial charge in [0, 0.05) is 17.8 Å². The summed E-state index contributed by atoms with van der Waals surface area (Å²) in [5.41, 5.74) is 7.53. The maximum absolute atomic E-state index is 5.80. The second kappa shape index (κ2) is 4.74. The maximum atomic E-state index is 5.80. The number of ether oxygens (including phenoxy) is 2. The molecule has 0 radical (unpaired) electrons. The van der Waals surface area contributed by atoms with Gasteiger partial charge in [0.15, 0.2) is 0 Å². The molecule has 2 rings (SSSR count). The van der Waals surface area contributed by atoms with Crippen molar-refractivity contribution in [3.8, 4) is 17.4 Å². The van der Waals surface area contributed by atoms with Crippen molar-refractivity contribution < 1.29 is 9.47 Å². The lowest BCUT2D eigenvalue weighted by Crippen LogP contribution is -1.92. The molecular formula is C13H14N2O2. The van der Waals surface area contributed by atoms with E-state index in [0.717, 1.165) is 5.56 Å². The maximum Gasteiger partial charge on any atom is 0.219 e. The zero-order valence-corrected chi connectivity index (χ0v) is 9.81. The van der Waals surface area contributed by atoms with Crippen molar-refractivity contribution in [2.45, 2.75) is 6.92 Å². The van der Waals surface area contributed by atoms with Crippen LogP contribution in [0.4, 0.5) is 5.69 Å². The molecular weight excluding hydrogens is 216 g/mol. The number of aromatic nitrogens is 1. The van der Waals surface area contributed by atoms with Gasteiger partial charge in [-0.25, -0.2) is 4.98 Å². The molecule has 1 aromatic heterocycles. The monoisotopic (exact) mass is 230 g/mol. The van der Waals surface area contributed by atoms with Gasteiger partial charge in [-0.3, -0.25) is 0 Å². The van der Waals surface area contributed by atoms with Crippen LogP contribution in [-0.2, 0) is 0 Å². The van der Waals surface area contributed by atoms with Gasteiger partial charge in [0.25, 0.3) is 0 Å². The summed E-state index contributed by atoms with van der Waals surface area (Å²) in [7, 11) is 1.60. The molecule has 0 unspecified atom stereocenters. The Morgan fingerprint density at radius 3 is 2.47 bits per heavy atom. The summed E-state index contributed by atoms with van der Waals surface area (Å²) in [4.78, 5) is 4.11. The van der Waals surface area contributed by atoms with Crippen molar-refractivity contribution in [3.63, 3.8) is 0 Å². The number of nitrogens with zero attached hydrogens (tertiary/aromatic N) is 1. The normalized spacial score (nSPS) is 10.0. The lowest BCUT2D eigenvalue weighted by atomic mass is 10.2. The van der Waals surface area contributed by atoms with Gasteiger partial charge in [0.05, 0.1) is 13.3 Å². The van der Waals surface area contributed by atoms with E-state index in [1.54, 1.807) is 31.5 Å². The number of nitrogens with two attached hydrogens (primary N) is 1. The molecule has 0 spiro atoms. The Hall–Kier alpha value is -2.23. The Balaban J connectivity index is 2.16. The largest absolute Gasteiger partial charge is 0.495 e. The minimum Gasteiger partial charge on any atom is -0.495 e. The van der Waals surface area contributed by atoms with Crippen LogP contribution in [0.15, 0.2) is 36.5 Å². The zero-order valence-electron chi connectivity index (χ0n) is 9.81. The Morgan fingerprint density at radius 1 is 1.12 bits per heavy atom. The first kappa shape index (κ1) is 11.3. The van der Waals surface area contributed by atoms with Crippen molar-refractivity contribution in [2.24, 2.45) is 0 Å². The minimum atomic E-state index is 0.508. The molecule has 0 saturated carbocycles. The summed E-state index contributed by atoms with van der Waals surface area (Å²) in [6.45, 7) is 1.95. The van der Waals surface area contributed by atoms with E-state index in [2.05, 4.69) is 4.98 Å². The number of hydrogen-bond acceptors (Lipinski definition) is 4. The number of benzene rings is 1. The van der Waals surface area contributed by atoms with E-state index in [1.165, 1.54) is 0 Å². The van der Waals surface area contributed by atoms with Crippen LogP contribution in [0.5, 0.6) is 17.4 Å². The molecule has 0 saturated heterocycles. The molecule has 2 N–H and O–H groups in total. The second-order valence-electron chi connectivity index (χ2n) is 3.66. The third-order valence-corrected chi connectivity index (χ3v) is 2.42. The Morgan fingerprint density at radius 2 is 1.88 bits per heavy atom. The van der Waals surface area contributed by atoms with Crippen LogP contribution in [0.2, 0.25) is 0 Å². The van der Waals surface area contributed by atoms with Crippen LogP contribution in [-0.4, -0.2) is 12.1 Å². The minimum absolute atomic E-state index is 0.508. The predicted molar refractivity (Wildman–Crippen MR) is 66.5 cm³/mol. The number of aryl methyl sites for hydroxylation is 1. The van der Waals surface area contributed by atoms with Gasteiger partial charge in [-0.15, -0.1) is 0 Å². The molecule has 0 aliphatic rings. The summed E-state index contributed by atoms with van der Waals surface area (Å²) in [5.74, 6) is 1.88. The summed E-state index contributed by atoms with van der Waals surface area (Å²) < 4.78 is 10.6. The molecule has 0 bridgehead atoms. The smallest absolute Gasteiger partial charge is 0.219 e. The van der Waals surface area contributed by atoms with Gasteiger partial charge in [-0.1, -0.05) is 6.07 Å². The molecule has 4 heteroatoms. The van der Waals surface area contributed by atoms with E-state index < -0.39 is 0 Å². The first-order valence-electron chi connectivity index (χ1n) is 5.23. The molecule has 0 atom stereocenters. The SMILES string of the molecule is COc1ccc(Oc2ccc(C)c(N)c2)nc1. The fraction of sp³-hybridized carbons (Fsp3) is 0.154. The van der Waals surface area contributed by atoms with Crippen LogP contribution in [0.3, 0.4) is 0 Å². The van der Waals surface area contributed by atoms with E-state index in [9.17, 15) is 0 Å². The van der Waals surface area contributed by atoms with Crippen molar-refractivity contribution in [1.29, 1.82) is 0 Å². The highest BCUT2D eigenvalue weighted by molar-refractivity contribution is 5.51. The molecule has 0 aliphatic carbocycles. The Kier molecular flexibility index (Phi) is 3.14. The Bertz CT molecular complexity index is 509. The van der Waals surface area contributed by atoms with E-state index in [0.29, 0.717) is 23.1 Å². The van der Waals surface area contributed by atoms with Gasteiger partial charge in [0.2, 0.25) is 5.88 Å². The quantitative estimate of drug-likeness (QED) is 0.824. The van der Waals surface area contributed by atoms with Gasteiger partial charge < -0.3 is 15.2 Å². The average molecular weight is 230 g/mol. The van der Waals surface area contributed by atoms with Crippen LogP contribution in [0.25, 0.3) is 0 Å². The van der Waals surface area contributed by atoms with Crippen LogP contribution in [0.1, 0.15) is 5.56 Å². The third kappa shape index (κ3) is 2.66. The molecule has 4 nitrogen and oxygen atoms in total. The van der Waals surface area contributed by atoms with Crippen LogP contribution < -0.4 is 15.2 Å². The summed E-state index contributed by atoms with van der Waals surface area (Å²) in [6, 6.07) is 9.09. The summed E-state index contributed by atoms with van der Waals surface area (Å²) in [6.07, 6.45) is 1.60. The molecule has 0 fully saturated rings. The zero-order chi connectivity index (χ0) is 12.3. The van der Waals surface area contributed by atoms with Crippen LogP contribution in [0, 0.1) is 6.92 Å². The third-order valence-electron chi connectivity index (χ3n) is 2.42. The Labute approximate surface area is 100 Å². The van der Waals surface area contributed by atoms with E-state index in [-0.39, 0.29) is 0 Å². The summed E-state index contributed by atoms with van der Waals surface area (Å²) in [5, 5.41) is 0. The van der Waals surface area contributed by atoms with E-state index in [4.69, 9.17) is 15.2 Å². The number of methoxy groups -OCH3 is 1. The molecule has 17 heavy (non-hydrogen) atoms. The number of anilines is 1. The van der Waals surface area contributed by atoms with Crippen molar-refractivity contribution in [3.05, 3.63) is 42.1 Å². The topological polar surface area (TPSA) is 57.4 Å². The second-order valence-corrected chi connectivity index (χ2v) is 3.66. The lowest BCUT2D eigenvalue weighted by molar-refractivity contribution is 0.408. The van der Waals surface area contributed by atoms with Crippen molar-refractivity contribution in [1.82, 2.24) is 4.98 Å². The predicted octanol–water partition coefficient (Wildman–Crippen LogP) is 2.77. The molecule has 1 aromatic carbocycles. The summed E-state index contributed by atoms with van der Waals surface area (Å²) >= 11 is 0. The molecule has 1 heterocycles. The first-order valence-corrected chi connectivity index (χ1v) is 5.23. The van der Waals surface area contributed by atoms with Crippen LogP contribution >= 0.6 is 0 Å². The standard InChI is InChI=1S/C13H14N2O2/c1-9-3-4-10(7-12(9)14)17-13-6-5-11(16-2)8-15-13/h3-8H,14H2,1-2H3. The molecule has 88 valence electrons. The average Bonchev–Trinajstić information content (AvgIpc) is 2.35. The molecule has 0 amide bonds. The highest BCUT2D eigenvalue weighted by Crippen LogP contribution is 2.24. The van der Waals surface area contributed by atoms with Gasteiger partial charge >= 0.3 is 0 Å². The van der Waals surface area contributed by atoms with Crippen molar-refractivity contribution >= 4 is 5.69 Å². The highest BCUT2D eigenvalue weighted by atomic mass is 16.5. The molecule has 2 aromatic rings. The highest BCUT2D eigenvalue weighted by Gasteiger charge is 2.01. The van der Waals surface area contributed by atoms with Crippen molar-refractivity contribution in [2.75, 3.05) is 12.8 Å². The number of pyridine rings is 1. The number of hydrogen-bond donors (Lipinski definition) is 1. The number of rotatable bonds is 3. The first-order chi connectivity index (χ1) is 8.19. The fourth-order valence-corrected chi connectivity index (χ4v) is 1.35. The van der Waals surface area contributed by atoms with E-state index >= 15 is 0 Å².